The van der Waals surface area contributed by atoms with Crippen LogP contribution in [-0.2, 0) is 0 Å². The summed E-state index contributed by atoms with van der Waals surface area (Å²) in [6.07, 6.45) is 1.22. The molecule has 1 nitrogen and oxygen atoms in total. The van der Waals surface area contributed by atoms with Crippen molar-refractivity contribution in [2.24, 2.45) is 5.92 Å². The lowest BCUT2D eigenvalue weighted by Crippen LogP contribution is -2.21. The third kappa shape index (κ3) is 4.91. The molecule has 0 saturated carbocycles. The van der Waals surface area contributed by atoms with E-state index < -0.39 is 0 Å². The molecule has 0 aliphatic rings. The van der Waals surface area contributed by atoms with Crippen molar-refractivity contribution >= 4 is 0 Å². The maximum absolute atomic E-state index is 3.51. The van der Waals surface area contributed by atoms with Gasteiger partial charge in [-0.15, -0.1) is 0 Å². The van der Waals surface area contributed by atoms with Crippen LogP contribution in [0.5, 0.6) is 0 Å². The van der Waals surface area contributed by atoms with Gasteiger partial charge in [0.15, 0.2) is 0 Å². The van der Waals surface area contributed by atoms with Crippen LogP contribution in [0.15, 0.2) is 18.2 Å². The highest BCUT2D eigenvalue weighted by Gasteiger charge is 2.06. The van der Waals surface area contributed by atoms with Gasteiger partial charge in [-0.3, -0.25) is 0 Å². The summed E-state index contributed by atoms with van der Waals surface area (Å²) in [4.78, 5) is 0. The Labute approximate surface area is 107 Å². The maximum atomic E-state index is 3.51. The Morgan fingerprint density at radius 1 is 1.06 bits per heavy atom. The molecule has 1 atom stereocenters. The summed E-state index contributed by atoms with van der Waals surface area (Å²) in [7, 11) is 0. The minimum Gasteiger partial charge on any atom is -0.316 e. The molecule has 1 rings (SSSR count). The summed E-state index contributed by atoms with van der Waals surface area (Å²) in [6.45, 7) is 13.4. The van der Waals surface area contributed by atoms with Gasteiger partial charge in [0.1, 0.15) is 0 Å². The Balaban J connectivity index is 2.41. The van der Waals surface area contributed by atoms with Crippen LogP contribution >= 0.6 is 0 Å². The zero-order valence-electron chi connectivity index (χ0n) is 12.0. The van der Waals surface area contributed by atoms with Gasteiger partial charge in [0.25, 0.3) is 0 Å². The number of rotatable bonds is 6. The van der Waals surface area contributed by atoms with Gasteiger partial charge in [-0.05, 0) is 61.9 Å². The van der Waals surface area contributed by atoms with E-state index in [0.29, 0.717) is 5.92 Å². The minimum atomic E-state index is 0.647. The number of nitrogens with one attached hydrogen (secondary N) is 1. The molecule has 0 radical (unpaired) electrons. The van der Waals surface area contributed by atoms with Gasteiger partial charge in [0, 0.05) is 0 Å². The van der Waals surface area contributed by atoms with Crippen LogP contribution in [-0.4, -0.2) is 13.1 Å². The first-order valence-corrected chi connectivity index (χ1v) is 6.78. The van der Waals surface area contributed by atoms with Crippen LogP contribution in [0.4, 0.5) is 0 Å². The predicted molar refractivity (Wildman–Crippen MR) is 76.7 cm³/mol. The molecule has 1 heteroatoms. The normalized spacial score (nSPS) is 13.1. The van der Waals surface area contributed by atoms with Crippen LogP contribution in [0, 0.1) is 19.8 Å². The van der Waals surface area contributed by atoms with E-state index in [2.05, 4.69) is 58.1 Å². The summed E-state index contributed by atoms with van der Waals surface area (Å²) in [5, 5.41) is 3.51. The average molecular weight is 233 g/mol. The highest BCUT2D eigenvalue weighted by molar-refractivity contribution is 5.31. The van der Waals surface area contributed by atoms with Crippen molar-refractivity contribution in [3.05, 3.63) is 34.9 Å². The SMILES string of the molecule is Cc1ccc(C(C)CCNCC(C)C)cc1C. The molecular formula is C16H27N. The summed E-state index contributed by atoms with van der Waals surface area (Å²) < 4.78 is 0. The van der Waals surface area contributed by atoms with Crippen molar-refractivity contribution in [3.63, 3.8) is 0 Å². The molecule has 0 heterocycles. The molecule has 1 aromatic rings. The topological polar surface area (TPSA) is 12.0 Å². The minimum absolute atomic E-state index is 0.647. The highest BCUT2D eigenvalue weighted by Crippen LogP contribution is 2.21. The summed E-state index contributed by atoms with van der Waals surface area (Å²) in [5.41, 5.74) is 4.27. The van der Waals surface area contributed by atoms with E-state index in [4.69, 9.17) is 0 Å². The quantitative estimate of drug-likeness (QED) is 0.731. The molecular weight excluding hydrogens is 206 g/mol. The number of aryl methyl sites for hydroxylation is 2. The van der Waals surface area contributed by atoms with Gasteiger partial charge in [-0.1, -0.05) is 39.0 Å². The van der Waals surface area contributed by atoms with Crippen molar-refractivity contribution < 1.29 is 0 Å². The van der Waals surface area contributed by atoms with Gasteiger partial charge in [-0.2, -0.15) is 0 Å². The van der Waals surface area contributed by atoms with Gasteiger partial charge in [0.05, 0.1) is 0 Å². The second-order valence-corrected chi connectivity index (χ2v) is 5.63. The second-order valence-electron chi connectivity index (χ2n) is 5.63. The first-order valence-electron chi connectivity index (χ1n) is 6.78. The van der Waals surface area contributed by atoms with Gasteiger partial charge < -0.3 is 5.32 Å². The molecule has 0 fully saturated rings. The molecule has 0 aliphatic carbocycles. The van der Waals surface area contributed by atoms with Crippen LogP contribution < -0.4 is 5.32 Å². The fraction of sp³-hybridized carbons (Fsp3) is 0.625. The Hall–Kier alpha value is -0.820. The van der Waals surface area contributed by atoms with Gasteiger partial charge in [0.2, 0.25) is 0 Å². The Kier molecular flexibility index (Phi) is 5.70. The zero-order valence-corrected chi connectivity index (χ0v) is 12.0. The fourth-order valence-corrected chi connectivity index (χ4v) is 1.95. The summed E-state index contributed by atoms with van der Waals surface area (Å²) in [5.74, 6) is 1.39. The van der Waals surface area contributed by atoms with E-state index in [9.17, 15) is 0 Å². The molecule has 17 heavy (non-hydrogen) atoms. The first kappa shape index (κ1) is 14.2. The van der Waals surface area contributed by atoms with Crippen molar-refractivity contribution in [1.29, 1.82) is 0 Å². The molecule has 1 aromatic carbocycles. The summed E-state index contributed by atoms with van der Waals surface area (Å²) in [6, 6.07) is 6.85. The smallest absolute Gasteiger partial charge is 0.00258 e. The number of hydrogen-bond acceptors (Lipinski definition) is 1. The van der Waals surface area contributed by atoms with Crippen LogP contribution in [0.25, 0.3) is 0 Å². The molecule has 0 amide bonds. The lowest BCUT2D eigenvalue weighted by Gasteiger charge is -2.14. The lowest BCUT2D eigenvalue weighted by atomic mass is 9.94. The Morgan fingerprint density at radius 3 is 2.35 bits per heavy atom. The number of benzene rings is 1. The van der Waals surface area contributed by atoms with Gasteiger partial charge >= 0.3 is 0 Å². The molecule has 0 aromatic heterocycles. The molecule has 0 spiro atoms. The molecule has 1 N–H and O–H groups in total. The third-order valence-corrected chi connectivity index (χ3v) is 3.41. The van der Waals surface area contributed by atoms with E-state index in [1.165, 1.54) is 23.1 Å². The molecule has 1 unspecified atom stereocenters. The summed E-state index contributed by atoms with van der Waals surface area (Å²) >= 11 is 0. The van der Waals surface area contributed by atoms with Crippen molar-refractivity contribution in [2.45, 2.75) is 47.0 Å². The largest absolute Gasteiger partial charge is 0.316 e. The third-order valence-electron chi connectivity index (χ3n) is 3.41. The van der Waals surface area contributed by atoms with Crippen molar-refractivity contribution in [2.75, 3.05) is 13.1 Å². The Morgan fingerprint density at radius 2 is 1.76 bits per heavy atom. The van der Waals surface area contributed by atoms with Crippen molar-refractivity contribution in [3.8, 4) is 0 Å². The molecule has 0 bridgehead atoms. The van der Waals surface area contributed by atoms with E-state index >= 15 is 0 Å². The molecule has 0 saturated heterocycles. The second kappa shape index (κ2) is 6.80. The van der Waals surface area contributed by atoms with Crippen molar-refractivity contribution in [1.82, 2.24) is 5.32 Å². The molecule has 0 aliphatic heterocycles. The van der Waals surface area contributed by atoms with E-state index in [0.717, 1.165) is 19.0 Å². The van der Waals surface area contributed by atoms with Gasteiger partial charge in [-0.25, -0.2) is 0 Å². The predicted octanol–water partition coefficient (Wildman–Crippen LogP) is 4.04. The van der Waals surface area contributed by atoms with Crippen LogP contribution in [0.2, 0.25) is 0 Å². The van der Waals surface area contributed by atoms with E-state index in [-0.39, 0.29) is 0 Å². The number of hydrogen-bond donors (Lipinski definition) is 1. The van der Waals surface area contributed by atoms with Crippen LogP contribution in [0.3, 0.4) is 0 Å². The van der Waals surface area contributed by atoms with E-state index in [1.54, 1.807) is 0 Å². The van der Waals surface area contributed by atoms with Crippen LogP contribution in [0.1, 0.15) is 49.8 Å². The first-order chi connectivity index (χ1) is 8.00. The fourth-order valence-electron chi connectivity index (χ4n) is 1.95. The monoisotopic (exact) mass is 233 g/mol. The molecule has 96 valence electrons. The standard InChI is InChI=1S/C16H27N/c1-12(2)11-17-9-8-14(4)16-7-6-13(3)15(5)10-16/h6-7,10,12,14,17H,8-9,11H2,1-5H3. The Bertz CT molecular complexity index is 341. The zero-order chi connectivity index (χ0) is 12.8. The average Bonchev–Trinajstić information content (AvgIpc) is 2.27. The lowest BCUT2D eigenvalue weighted by molar-refractivity contribution is 0.525. The maximum Gasteiger partial charge on any atom is -0.00258 e. The highest BCUT2D eigenvalue weighted by atomic mass is 14.8. The van der Waals surface area contributed by atoms with E-state index in [1.807, 2.05) is 0 Å².